The van der Waals surface area contributed by atoms with E-state index in [1.165, 1.54) is 19.3 Å². The molecule has 1 saturated heterocycles. The molecule has 1 saturated carbocycles. The standard InChI is InChI=1S/C11H19NO2S/c13-10(14)11(6-7-15-8-11)12-9-4-2-1-3-5-9/h9,12H,1-8H2,(H,13,14). The highest BCUT2D eigenvalue weighted by Crippen LogP contribution is 2.30. The van der Waals surface area contributed by atoms with E-state index < -0.39 is 11.5 Å². The minimum atomic E-state index is -0.655. The summed E-state index contributed by atoms with van der Waals surface area (Å²) in [7, 11) is 0. The Morgan fingerprint density at radius 2 is 2.07 bits per heavy atom. The molecule has 0 spiro atoms. The van der Waals surface area contributed by atoms with Crippen molar-refractivity contribution in [3.05, 3.63) is 0 Å². The summed E-state index contributed by atoms with van der Waals surface area (Å²) in [4.78, 5) is 11.3. The summed E-state index contributed by atoms with van der Waals surface area (Å²) in [5.41, 5.74) is -0.618. The van der Waals surface area contributed by atoms with Gasteiger partial charge in [-0.25, -0.2) is 0 Å². The monoisotopic (exact) mass is 229 g/mol. The lowest BCUT2D eigenvalue weighted by atomic mass is 9.91. The maximum atomic E-state index is 11.3. The van der Waals surface area contributed by atoms with Crippen molar-refractivity contribution < 1.29 is 9.90 Å². The van der Waals surface area contributed by atoms with Gasteiger partial charge in [-0.2, -0.15) is 11.8 Å². The molecule has 0 radical (unpaired) electrons. The van der Waals surface area contributed by atoms with Crippen LogP contribution in [0.5, 0.6) is 0 Å². The first-order valence-corrected chi connectivity index (χ1v) is 6.97. The van der Waals surface area contributed by atoms with E-state index in [9.17, 15) is 9.90 Å². The Morgan fingerprint density at radius 3 is 2.60 bits per heavy atom. The Labute approximate surface area is 95.0 Å². The van der Waals surface area contributed by atoms with Crippen LogP contribution in [-0.2, 0) is 4.79 Å². The Hall–Kier alpha value is -0.220. The number of thioether (sulfide) groups is 1. The van der Waals surface area contributed by atoms with Gasteiger partial charge in [0.15, 0.2) is 0 Å². The third-order valence-corrected chi connectivity index (χ3v) is 4.71. The molecular weight excluding hydrogens is 210 g/mol. The van der Waals surface area contributed by atoms with E-state index in [-0.39, 0.29) is 0 Å². The number of aliphatic carboxylic acids is 1. The lowest BCUT2D eigenvalue weighted by Crippen LogP contribution is -2.56. The molecule has 0 bridgehead atoms. The lowest BCUT2D eigenvalue weighted by Gasteiger charge is -2.32. The normalized spacial score (nSPS) is 33.1. The number of carbonyl (C=O) groups is 1. The Balaban J connectivity index is 1.96. The molecule has 15 heavy (non-hydrogen) atoms. The molecule has 2 fully saturated rings. The largest absolute Gasteiger partial charge is 0.480 e. The van der Waals surface area contributed by atoms with Crippen molar-refractivity contribution in [1.82, 2.24) is 5.32 Å². The zero-order valence-electron chi connectivity index (χ0n) is 9.00. The van der Waals surface area contributed by atoms with Crippen LogP contribution >= 0.6 is 11.8 Å². The van der Waals surface area contributed by atoms with Gasteiger partial charge in [0.25, 0.3) is 0 Å². The van der Waals surface area contributed by atoms with Gasteiger partial charge >= 0.3 is 5.97 Å². The quantitative estimate of drug-likeness (QED) is 0.775. The molecule has 3 nitrogen and oxygen atoms in total. The highest BCUT2D eigenvalue weighted by atomic mass is 32.2. The Bertz CT molecular complexity index is 233. The van der Waals surface area contributed by atoms with Gasteiger partial charge in [0.2, 0.25) is 0 Å². The summed E-state index contributed by atoms with van der Waals surface area (Å²) >= 11 is 1.75. The van der Waals surface area contributed by atoms with Crippen LogP contribution in [0, 0.1) is 0 Å². The fourth-order valence-corrected chi connectivity index (χ4v) is 3.88. The number of hydrogen-bond acceptors (Lipinski definition) is 3. The predicted octanol–water partition coefficient (Wildman–Crippen LogP) is 1.87. The smallest absolute Gasteiger partial charge is 0.324 e. The van der Waals surface area contributed by atoms with Crippen molar-refractivity contribution in [2.45, 2.75) is 50.1 Å². The number of rotatable bonds is 3. The van der Waals surface area contributed by atoms with Crippen molar-refractivity contribution in [2.75, 3.05) is 11.5 Å². The highest BCUT2D eigenvalue weighted by Gasteiger charge is 2.43. The average molecular weight is 229 g/mol. The minimum absolute atomic E-state index is 0.438. The Morgan fingerprint density at radius 1 is 1.33 bits per heavy atom. The van der Waals surface area contributed by atoms with Crippen molar-refractivity contribution in [1.29, 1.82) is 0 Å². The molecule has 0 aromatic carbocycles. The number of carboxylic acids is 1. The zero-order chi connectivity index (χ0) is 10.7. The first-order valence-electron chi connectivity index (χ1n) is 5.82. The van der Waals surface area contributed by atoms with E-state index in [1.807, 2.05) is 0 Å². The molecule has 4 heteroatoms. The van der Waals surface area contributed by atoms with Gasteiger partial charge in [-0.05, 0) is 25.0 Å². The van der Waals surface area contributed by atoms with Crippen LogP contribution in [0.25, 0.3) is 0 Å². The van der Waals surface area contributed by atoms with Gasteiger partial charge in [-0.15, -0.1) is 0 Å². The molecule has 0 aromatic rings. The summed E-state index contributed by atoms with van der Waals surface area (Å²) in [5.74, 6) is 1.06. The van der Waals surface area contributed by atoms with Gasteiger partial charge < -0.3 is 5.11 Å². The minimum Gasteiger partial charge on any atom is -0.480 e. The first kappa shape index (κ1) is 11.3. The van der Waals surface area contributed by atoms with E-state index in [2.05, 4.69) is 5.32 Å². The SMILES string of the molecule is O=C(O)C1(NC2CCCCC2)CCSC1. The van der Waals surface area contributed by atoms with E-state index in [4.69, 9.17) is 0 Å². The molecule has 86 valence electrons. The second-order valence-electron chi connectivity index (χ2n) is 4.67. The summed E-state index contributed by atoms with van der Waals surface area (Å²) in [6.45, 7) is 0. The maximum Gasteiger partial charge on any atom is 0.324 e. The van der Waals surface area contributed by atoms with Crippen LogP contribution in [0.2, 0.25) is 0 Å². The first-order chi connectivity index (χ1) is 7.23. The fraction of sp³-hybridized carbons (Fsp3) is 0.909. The molecular formula is C11H19NO2S. The summed E-state index contributed by atoms with van der Waals surface area (Å²) in [6, 6.07) is 0.438. The van der Waals surface area contributed by atoms with Crippen LogP contribution in [0.1, 0.15) is 38.5 Å². The molecule has 2 rings (SSSR count). The van der Waals surface area contributed by atoms with Crippen LogP contribution in [0.3, 0.4) is 0 Å². The molecule has 1 atom stereocenters. The second-order valence-corrected chi connectivity index (χ2v) is 5.77. The van der Waals surface area contributed by atoms with Gasteiger partial charge in [-0.3, -0.25) is 10.1 Å². The van der Waals surface area contributed by atoms with Gasteiger partial charge in [-0.1, -0.05) is 19.3 Å². The van der Waals surface area contributed by atoms with E-state index in [0.29, 0.717) is 6.04 Å². The van der Waals surface area contributed by atoms with Crippen molar-refractivity contribution in [3.8, 4) is 0 Å². The van der Waals surface area contributed by atoms with Crippen molar-refractivity contribution in [3.63, 3.8) is 0 Å². The van der Waals surface area contributed by atoms with Crippen LogP contribution in [0.15, 0.2) is 0 Å². The van der Waals surface area contributed by atoms with E-state index in [1.54, 1.807) is 11.8 Å². The van der Waals surface area contributed by atoms with Crippen molar-refractivity contribution >= 4 is 17.7 Å². The van der Waals surface area contributed by atoms with E-state index in [0.717, 1.165) is 30.8 Å². The topological polar surface area (TPSA) is 49.3 Å². The molecule has 1 aliphatic carbocycles. The number of hydrogen-bond donors (Lipinski definition) is 2. The maximum absolute atomic E-state index is 11.3. The van der Waals surface area contributed by atoms with Gasteiger partial charge in [0.1, 0.15) is 5.54 Å². The van der Waals surface area contributed by atoms with Crippen LogP contribution < -0.4 is 5.32 Å². The fourth-order valence-electron chi connectivity index (χ4n) is 2.55. The van der Waals surface area contributed by atoms with E-state index >= 15 is 0 Å². The summed E-state index contributed by atoms with van der Waals surface area (Å²) < 4.78 is 0. The molecule has 1 unspecified atom stereocenters. The van der Waals surface area contributed by atoms with Gasteiger partial charge in [0, 0.05) is 11.8 Å². The molecule has 0 aromatic heterocycles. The highest BCUT2D eigenvalue weighted by molar-refractivity contribution is 7.99. The summed E-state index contributed by atoms with van der Waals surface area (Å²) in [5, 5.41) is 12.7. The third kappa shape index (κ3) is 2.48. The zero-order valence-corrected chi connectivity index (χ0v) is 9.81. The predicted molar refractivity (Wildman–Crippen MR) is 62.3 cm³/mol. The van der Waals surface area contributed by atoms with Gasteiger partial charge in [0.05, 0.1) is 0 Å². The molecule has 2 aliphatic rings. The molecule has 1 heterocycles. The molecule has 1 aliphatic heterocycles. The average Bonchev–Trinajstić information content (AvgIpc) is 2.69. The second kappa shape index (κ2) is 4.74. The number of carboxylic acid groups (broad SMARTS) is 1. The number of nitrogens with one attached hydrogen (secondary N) is 1. The lowest BCUT2D eigenvalue weighted by molar-refractivity contribution is -0.144. The van der Waals surface area contributed by atoms with Crippen molar-refractivity contribution in [2.24, 2.45) is 0 Å². The Kier molecular flexibility index (Phi) is 3.57. The van der Waals surface area contributed by atoms with Crippen LogP contribution in [-0.4, -0.2) is 34.2 Å². The molecule has 0 amide bonds. The van der Waals surface area contributed by atoms with Crippen LogP contribution in [0.4, 0.5) is 0 Å². The third-order valence-electron chi connectivity index (χ3n) is 3.52. The summed E-state index contributed by atoms with van der Waals surface area (Å²) in [6.07, 6.45) is 6.90. The molecule has 2 N–H and O–H groups in total.